The van der Waals surface area contributed by atoms with E-state index in [2.05, 4.69) is 26.1 Å². The third-order valence-corrected chi connectivity index (χ3v) is 3.69. The molecule has 0 bridgehead atoms. The zero-order valence-corrected chi connectivity index (χ0v) is 14.1. The van der Waals surface area contributed by atoms with Crippen molar-refractivity contribution in [3.63, 3.8) is 0 Å². The molecule has 21 heavy (non-hydrogen) atoms. The van der Waals surface area contributed by atoms with Crippen molar-refractivity contribution < 1.29 is 14.3 Å². The Morgan fingerprint density at radius 3 is 2.43 bits per heavy atom. The second-order valence-corrected chi connectivity index (χ2v) is 7.08. The maximum Gasteiger partial charge on any atom is 0.407 e. The predicted octanol–water partition coefficient (Wildman–Crippen LogP) is 2.80. The molecule has 0 spiro atoms. The lowest BCUT2D eigenvalue weighted by Gasteiger charge is -2.40. The SMILES string of the molecule is CCOC(=O)NC1CC(CC(C)(C)C)CN(C(=O)CC)C1. The minimum Gasteiger partial charge on any atom is -0.450 e. The smallest absolute Gasteiger partial charge is 0.407 e. The first kappa shape index (κ1) is 17.8. The molecular weight excluding hydrogens is 268 g/mol. The van der Waals surface area contributed by atoms with Crippen LogP contribution in [0.5, 0.6) is 0 Å². The van der Waals surface area contributed by atoms with E-state index in [1.54, 1.807) is 6.92 Å². The van der Waals surface area contributed by atoms with Gasteiger partial charge in [0.05, 0.1) is 12.6 Å². The summed E-state index contributed by atoms with van der Waals surface area (Å²) in [5.74, 6) is 0.574. The molecule has 0 saturated carbocycles. The van der Waals surface area contributed by atoms with E-state index in [0.29, 0.717) is 25.5 Å². The molecule has 1 saturated heterocycles. The van der Waals surface area contributed by atoms with Crippen molar-refractivity contribution in [1.82, 2.24) is 10.2 Å². The molecule has 2 atom stereocenters. The fourth-order valence-corrected chi connectivity index (χ4v) is 3.09. The topological polar surface area (TPSA) is 58.6 Å². The highest BCUT2D eigenvalue weighted by Crippen LogP contribution is 2.30. The third-order valence-electron chi connectivity index (χ3n) is 3.69. The summed E-state index contributed by atoms with van der Waals surface area (Å²) in [6.45, 7) is 12.0. The summed E-state index contributed by atoms with van der Waals surface area (Å²) in [7, 11) is 0. The maximum atomic E-state index is 12.0. The molecule has 2 amide bonds. The Hall–Kier alpha value is -1.26. The van der Waals surface area contributed by atoms with Gasteiger partial charge in [-0.3, -0.25) is 4.79 Å². The summed E-state index contributed by atoms with van der Waals surface area (Å²) in [5.41, 5.74) is 0.220. The first-order valence-corrected chi connectivity index (χ1v) is 7.96. The summed E-state index contributed by atoms with van der Waals surface area (Å²) in [5, 5.41) is 2.89. The van der Waals surface area contributed by atoms with E-state index in [4.69, 9.17) is 4.74 Å². The van der Waals surface area contributed by atoms with Crippen LogP contribution in [0.15, 0.2) is 0 Å². The maximum absolute atomic E-state index is 12.0. The van der Waals surface area contributed by atoms with E-state index in [9.17, 15) is 9.59 Å². The van der Waals surface area contributed by atoms with Crippen molar-refractivity contribution in [2.75, 3.05) is 19.7 Å². The highest BCUT2D eigenvalue weighted by atomic mass is 16.5. The highest BCUT2D eigenvalue weighted by molar-refractivity contribution is 5.76. The lowest BCUT2D eigenvalue weighted by molar-refractivity contribution is -0.133. The average Bonchev–Trinajstić information content (AvgIpc) is 2.35. The number of carbonyl (C=O) groups is 2. The molecule has 5 heteroatoms. The molecule has 2 unspecified atom stereocenters. The molecular formula is C16H30N2O3. The largest absolute Gasteiger partial charge is 0.450 e. The van der Waals surface area contributed by atoms with Crippen molar-refractivity contribution >= 4 is 12.0 Å². The number of ether oxygens (including phenoxy) is 1. The molecule has 1 aliphatic heterocycles. The minimum atomic E-state index is -0.386. The molecule has 122 valence electrons. The van der Waals surface area contributed by atoms with Gasteiger partial charge in [0.15, 0.2) is 0 Å². The number of hydrogen-bond donors (Lipinski definition) is 1. The summed E-state index contributed by atoms with van der Waals surface area (Å²) in [4.78, 5) is 25.5. The lowest BCUT2D eigenvalue weighted by Crippen LogP contribution is -2.53. The van der Waals surface area contributed by atoms with Crippen molar-refractivity contribution in [3.8, 4) is 0 Å². The number of likely N-dealkylation sites (tertiary alicyclic amines) is 1. The summed E-state index contributed by atoms with van der Waals surface area (Å²) in [6, 6.07) is -0.0133. The lowest BCUT2D eigenvalue weighted by atomic mass is 9.80. The number of alkyl carbamates (subject to hydrolysis) is 1. The van der Waals surface area contributed by atoms with Gasteiger partial charge in [-0.15, -0.1) is 0 Å². The Kier molecular flexibility index (Phi) is 6.49. The van der Waals surface area contributed by atoms with Gasteiger partial charge in [0, 0.05) is 19.5 Å². The first-order valence-electron chi connectivity index (χ1n) is 7.96. The third kappa shape index (κ3) is 6.36. The number of hydrogen-bond acceptors (Lipinski definition) is 3. The number of amides is 2. The Morgan fingerprint density at radius 2 is 1.90 bits per heavy atom. The van der Waals surface area contributed by atoms with Crippen molar-refractivity contribution in [3.05, 3.63) is 0 Å². The van der Waals surface area contributed by atoms with Crippen LogP contribution in [0.2, 0.25) is 0 Å². The van der Waals surface area contributed by atoms with Gasteiger partial charge in [0.25, 0.3) is 0 Å². The van der Waals surface area contributed by atoms with Crippen LogP contribution in [0.3, 0.4) is 0 Å². The van der Waals surface area contributed by atoms with E-state index in [-0.39, 0.29) is 23.5 Å². The Balaban J connectivity index is 2.70. The highest BCUT2D eigenvalue weighted by Gasteiger charge is 2.32. The van der Waals surface area contributed by atoms with Crippen LogP contribution >= 0.6 is 0 Å². The van der Waals surface area contributed by atoms with E-state index in [1.165, 1.54) is 0 Å². The van der Waals surface area contributed by atoms with Gasteiger partial charge in [-0.2, -0.15) is 0 Å². The molecule has 0 aromatic carbocycles. The van der Waals surface area contributed by atoms with E-state index in [0.717, 1.165) is 19.4 Å². The molecule has 1 rings (SSSR count). The number of nitrogens with zero attached hydrogens (tertiary/aromatic N) is 1. The molecule has 1 fully saturated rings. The van der Waals surface area contributed by atoms with Gasteiger partial charge in [0.1, 0.15) is 0 Å². The molecule has 1 N–H and O–H groups in total. The first-order chi connectivity index (χ1) is 9.75. The number of nitrogens with one attached hydrogen (secondary N) is 1. The second-order valence-electron chi connectivity index (χ2n) is 7.08. The summed E-state index contributed by atoms with van der Waals surface area (Å²) >= 11 is 0. The van der Waals surface area contributed by atoms with Gasteiger partial charge in [-0.05, 0) is 31.1 Å². The minimum absolute atomic E-state index is 0.0133. The summed E-state index contributed by atoms with van der Waals surface area (Å²) < 4.78 is 4.95. The Bertz CT molecular complexity index is 363. The summed E-state index contributed by atoms with van der Waals surface area (Å²) in [6.07, 6.45) is 2.07. The number of rotatable bonds is 4. The molecule has 0 aliphatic carbocycles. The zero-order chi connectivity index (χ0) is 16.0. The fraction of sp³-hybridized carbons (Fsp3) is 0.875. The van der Waals surface area contributed by atoms with Crippen LogP contribution in [-0.4, -0.2) is 42.6 Å². The number of piperidine rings is 1. The average molecular weight is 298 g/mol. The predicted molar refractivity (Wildman–Crippen MR) is 83.0 cm³/mol. The molecule has 1 aliphatic rings. The van der Waals surface area contributed by atoms with Gasteiger partial charge in [-0.25, -0.2) is 4.79 Å². The van der Waals surface area contributed by atoms with Crippen molar-refractivity contribution in [1.29, 1.82) is 0 Å². The molecule has 5 nitrogen and oxygen atoms in total. The van der Waals surface area contributed by atoms with Gasteiger partial charge in [-0.1, -0.05) is 27.7 Å². The zero-order valence-electron chi connectivity index (χ0n) is 14.1. The van der Waals surface area contributed by atoms with Crippen LogP contribution in [0.1, 0.15) is 53.9 Å². The molecule has 0 radical (unpaired) electrons. The van der Waals surface area contributed by atoms with Crippen molar-refractivity contribution in [2.24, 2.45) is 11.3 Å². The van der Waals surface area contributed by atoms with Crippen molar-refractivity contribution in [2.45, 2.75) is 59.9 Å². The Labute approximate surface area is 128 Å². The van der Waals surface area contributed by atoms with Gasteiger partial charge in [0.2, 0.25) is 5.91 Å². The second kappa shape index (κ2) is 7.66. The quantitative estimate of drug-likeness (QED) is 0.868. The van der Waals surface area contributed by atoms with Crippen LogP contribution < -0.4 is 5.32 Å². The van der Waals surface area contributed by atoms with Crippen LogP contribution in [0.4, 0.5) is 4.79 Å². The molecule has 0 aromatic rings. The van der Waals surface area contributed by atoms with E-state index < -0.39 is 0 Å². The molecule has 0 aromatic heterocycles. The van der Waals surface area contributed by atoms with E-state index in [1.807, 2.05) is 11.8 Å². The molecule has 1 heterocycles. The van der Waals surface area contributed by atoms with Gasteiger partial charge >= 0.3 is 6.09 Å². The Morgan fingerprint density at radius 1 is 1.24 bits per heavy atom. The van der Waals surface area contributed by atoms with Gasteiger partial charge < -0.3 is 15.0 Å². The number of carbonyl (C=O) groups excluding carboxylic acids is 2. The van der Waals surface area contributed by atoms with E-state index >= 15 is 0 Å². The van der Waals surface area contributed by atoms with Crippen LogP contribution in [0, 0.1) is 11.3 Å². The standard InChI is InChI=1S/C16H30N2O3/c1-6-14(19)18-10-12(9-16(3,4)5)8-13(11-18)17-15(20)21-7-2/h12-13H,6-11H2,1-5H3,(H,17,20). The monoisotopic (exact) mass is 298 g/mol. The van der Waals surface area contributed by atoms with Crippen LogP contribution in [0.25, 0.3) is 0 Å². The van der Waals surface area contributed by atoms with Crippen LogP contribution in [-0.2, 0) is 9.53 Å². The fourth-order valence-electron chi connectivity index (χ4n) is 3.09. The normalized spacial score (nSPS) is 22.8.